The summed E-state index contributed by atoms with van der Waals surface area (Å²) in [6.45, 7) is 6.90. The van der Waals surface area contributed by atoms with Crippen molar-refractivity contribution in [2.75, 3.05) is 13.2 Å². The van der Waals surface area contributed by atoms with Gasteiger partial charge in [-0.15, -0.1) is 0 Å². The Morgan fingerprint density at radius 3 is 2.50 bits per heavy atom. The van der Waals surface area contributed by atoms with Crippen molar-refractivity contribution in [3.05, 3.63) is 11.4 Å². The first kappa shape index (κ1) is 13.1. The highest BCUT2D eigenvalue weighted by molar-refractivity contribution is 6.63. The lowest BCUT2D eigenvalue weighted by Gasteiger charge is -2.33. The molecule has 0 aliphatic carbocycles. The van der Waals surface area contributed by atoms with Gasteiger partial charge in [0.25, 0.3) is 0 Å². The summed E-state index contributed by atoms with van der Waals surface area (Å²) in [4.78, 5) is 11.3. The molecule has 1 fully saturated rings. The molecule has 1 aliphatic heterocycles. The average Bonchev–Trinajstić information content (AvgIpc) is 2.54. The summed E-state index contributed by atoms with van der Waals surface area (Å²) in [6.07, 6.45) is 0. The summed E-state index contributed by atoms with van der Waals surface area (Å²) >= 11 is 0. The molecule has 1 saturated heterocycles. The monoisotopic (exact) mass is 252 g/mol. The van der Waals surface area contributed by atoms with Crippen LogP contribution in [-0.4, -0.2) is 41.2 Å². The second-order valence-corrected chi connectivity index (χ2v) is 5.39. The minimum Gasteiger partial charge on any atom is -0.477 e. The van der Waals surface area contributed by atoms with Crippen LogP contribution in [0.15, 0.2) is 0 Å². The van der Waals surface area contributed by atoms with Crippen LogP contribution in [-0.2, 0) is 16.4 Å². The standard InChI is InChI=1S/C11H17BN2O4/c1-7-8(9(10(15)16)14(4)13-7)12-17-5-11(2,3)6-18-12/h5-6H2,1-4H3,(H,15,16). The number of hydrogen-bond acceptors (Lipinski definition) is 4. The highest BCUT2D eigenvalue weighted by atomic mass is 16.6. The fraction of sp³-hybridized carbons (Fsp3) is 0.636. The predicted octanol–water partition coefficient (Wildman–Crippen LogP) is 0.195. The first-order valence-corrected chi connectivity index (χ1v) is 5.82. The van der Waals surface area contributed by atoms with Crippen molar-refractivity contribution in [3.8, 4) is 0 Å². The van der Waals surface area contributed by atoms with Crippen LogP contribution in [0.4, 0.5) is 0 Å². The van der Waals surface area contributed by atoms with Crippen LogP contribution in [0.1, 0.15) is 30.0 Å². The zero-order valence-corrected chi connectivity index (χ0v) is 11.1. The molecule has 18 heavy (non-hydrogen) atoms. The van der Waals surface area contributed by atoms with Crippen LogP contribution in [0, 0.1) is 12.3 Å². The van der Waals surface area contributed by atoms with Crippen molar-refractivity contribution >= 4 is 18.6 Å². The number of rotatable bonds is 2. The molecule has 1 N–H and O–H groups in total. The largest absolute Gasteiger partial charge is 0.498 e. The summed E-state index contributed by atoms with van der Waals surface area (Å²) in [5.74, 6) is -1.02. The van der Waals surface area contributed by atoms with Gasteiger partial charge in [-0.1, -0.05) is 13.8 Å². The molecule has 98 valence electrons. The van der Waals surface area contributed by atoms with Gasteiger partial charge < -0.3 is 14.4 Å². The summed E-state index contributed by atoms with van der Waals surface area (Å²) in [5, 5.41) is 13.3. The Morgan fingerprint density at radius 1 is 1.44 bits per heavy atom. The molecule has 7 heteroatoms. The van der Waals surface area contributed by atoms with E-state index in [1.54, 1.807) is 14.0 Å². The van der Waals surface area contributed by atoms with E-state index in [1.165, 1.54) is 4.68 Å². The van der Waals surface area contributed by atoms with Gasteiger partial charge in [0.2, 0.25) is 0 Å². The van der Waals surface area contributed by atoms with Crippen molar-refractivity contribution in [2.45, 2.75) is 20.8 Å². The zero-order chi connectivity index (χ0) is 13.5. The molecule has 0 saturated carbocycles. The fourth-order valence-electron chi connectivity index (χ4n) is 2.07. The maximum absolute atomic E-state index is 11.3. The van der Waals surface area contributed by atoms with E-state index >= 15 is 0 Å². The third kappa shape index (κ3) is 2.28. The normalized spacial score (nSPS) is 19.0. The van der Waals surface area contributed by atoms with Gasteiger partial charge in [-0.05, 0) is 6.92 Å². The van der Waals surface area contributed by atoms with E-state index in [4.69, 9.17) is 9.31 Å². The minimum absolute atomic E-state index is 0.0456. The van der Waals surface area contributed by atoms with E-state index in [2.05, 4.69) is 5.10 Å². The van der Waals surface area contributed by atoms with Crippen molar-refractivity contribution in [1.82, 2.24) is 9.78 Å². The topological polar surface area (TPSA) is 73.6 Å². The Morgan fingerprint density at radius 2 is 2.00 bits per heavy atom. The molecule has 1 aromatic rings. The van der Waals surface area contributed by atoms with Crippen LogP contribution in [0.2, 0.25) is 0 Å². The quantitative estimate of drug-likeness (QED) is 0.761. The van der Waals surface area contributed by atoms with Crippen LogP contribution in [0.3, 0.4) is 0 Å². The minimum atomic E-state index is -1.02. The van der Waals surface area contributed by atoms with Gasteiger partial charge in [-0.25, -0.2) is 4.79 Å². The number of aromatic nitrogens is 2. The van der Waals surface area contributed by atoms with Crippen molar-refractivity contribution in [3.63, 3.8) is 0 Å². The molecule has 0 amide bonds. The van der Waals surface area contributed by atoms with Gasteiger partial charge in [0.15, 0.2) is 0 Å². The number of carboxylic acids is 1. The van der Waals surface area contributed by atoms with E-state index in [9.17, 15) is 9.90 Å². The molecule has 0 aromatic carbocycles. The second kappa shape index (κ2) is 4.40. The number of hydrogen-bond donors (Lipinski definition) is 1. The Hall–Kier alpha value is -1.34. The van der Waals surface area contributed by atoms with E-state index in [0.717, 1.165) is 0 Å². The van der Waals surface area contributed by atoms with Crippen molar-refractivity contribution < 1.29 is 19.2 Å². The smallest absolute Gasteiger partial charge is 0.477 e. The molecular formula is C11H17BN2O4. The molecule has 6 nitrogen and oxygen atoms in total. The van der Waals surface area contributed by atoms with E-state index in [0.29, 0.717) is 24.4 Å². The lowest BCUT2D eigenvalue weighted by Crippen LogP contribution is -2.49. The lowest BCUT2D eigenvalue weighted by atomic mass is 9.74. The first-order valence-electron chi connectivity index (χ1n) is 5.82. The number of aryl methyl sites for hydroxylation is 2. The van der Waals surface area contributed by atoms with E-state index in [1.807, 2.05) is 13.8 Å². The summed E-state index contributed by atoms with van der Waals surface area (Å²) in [7, 11) is 0.963. The molecule has 0 spiro atoms. The lowest BCUT2D eigenvalue weighted by molar-refractivity contribution is 0.0340. The van der Waals surface area contributed by atoms with Gasteiger partial charge in [0.05, 0.1) is 5.69 Å². The number of aromatic carboxylic acids is 1. The molecule has 2 heterocycles. The Labute approximate surface area is 106 Å². The second-order valence-electron chi connectivity index (χ2n) is 5.39. The van der Waals surface area contributed by atoms with Crippen LogP contribution < -0.4 is 5.46 Å². The Balaban J connectivity index is 2.32. The molecule has 1 aliphatic rings. The molecule has 2 rings (SSSR count). The van der Waals surface area contributed by atoms with Gasteiger partial charge in [-0.3, -0.25) is 4.68 Å². The van der Waals surface area contributed by atoms with Crippen LogP contribution in [0.5, 0.6) is 0 Å². The third-order valence-corrected chi connectivity index (χ3v) is 2.96. The molecule has 0 bridgehead atoms. The van der Waals surface area contributed by atoms with E-state index in [-0.39, 0.29) is 11.1 Å². The predicted molar refractivity (Wildman–Crippen MR) is 66.0 cm³/mol. The Bertz CT molecular complexity index is 474. The van der Waals surface area contributed by atoms with Gasteiger partial charge in [0, 0.05) is 31.1 Å². The first-order chi connectivity index (χ1) is 8.32. The summed E-state index contributed by atoms with van der Waals surface area (Å²) in [6, 6.07) is 0. The van der Waals surface area contributed by atoms with Gasteiger partial charge in [0.1, 0.15) is 5.69 Å². The van der Waals surface area contributed by atoms with Crippen LogP contribution >= 0.6 is 0 Å². The highest BCUT2D eigenvalue weighted by Crippen LogP contribution is 2.22. The number of carboxylic acid groups (broad SMARTS) is 1. The maximum Gasteiger partial charge on any atom is 0.498 e. The van der Waals surface area contributed by atoms with Gasteiger partial charge in [-0.2, -0.15) is 5.10 Å². The summed E-state index contributed by atoms with van der Waals surface area (Å²) in [5.41, 5.74) is 1.22. The van der Waals surface area contributed by atoms with Crippen LogP contribution in [0.25, 0.3) is 0 Å². The third-order valence-electron chi connectivity index (χ3n) is 2.96. The molecular weight excluding hydrogens is 235 g/mol. The highest BCUT2D eigenvalue weighted by Gasteiger charge is 2.38. The fourth-order valence-corrected chi connectivity index (χ4v) is 2.07. The SMILES string of the molecule is Cc1nn(C)c(C(=O)O)c1B1OCC(C)(C)CO1. The molecule has 0 radical (unpaired) electrons. The Kier molecular flexibility index (Phi) is 3.20. The average molecular weight is 252 g/mol. The van der Waals surface area contributed by atoms with Crippen molar-refractivity contribution in [1.29, 1.82) is 0 Å². The number of nitrogens with zero attached hydrogens (tertiary/aromatic N) is 2. The van der Waals surface area contributed by atoms with Gasteiger partial charge >= 0.3 is 13.1 Å². The molecule has 0 unspecified atom stereocenters. The van der Waals surface area contributed by atoms with Crippen molar-refractivity contribution in [2.24, 2.45) is 12.5 Å². The van der Waals surface area contributed by atoms with E-state index < -0.39 is 13.1 Å². The number of carbonyl (C=O) groups is 1. The molecule has 0 atom stereocenters. The summed E-state index contributed by atoms with van der Waals surface area (Å²) < 4.78 is 12.6. The zero-order valence-electron chi connectivity index (χ0n) is 11.1. The maximum atomic E-state index is 11.3. The molecule has 1 aromatic heterocycles.